The quantitative estimate of drug-likeness (QED) is 0.495. The van der Waals surface area contributed by atoms with Crippen LogP contribution in [-0.2, 0) is 11.2 Å². The standard InChI is InChI=1S/C16H24O2S/c1-2-3-4-5-6-7-12-19-15-10-8-14(9-11-15)13-16(17)18/h8-11H,2-7,12-13H2,1H3,(H,17,18). The van der Waals surface area contributed by atoms with Crippen molar-refractivity contribution in [3.63, 3.8) is 0 Å². The third kappa shape index (κ3) is 7.93. The van der Waals surface area contributed by atoms with Gasteiger partial charge in [0.05, 0.1) is 6.42 Å². The normalized spacial score (nSPS) is 10.6. The highest BCUT2D eigenvalue weighted by Crippen LogP contribution is 2.20. The lowest BCUT2D eigenvalue weighted by Gasteiger charge is -2.03. The second-order valence-electron chi connectivity index (χ2n) is 4.83. The Labute approximate surface area is 120 Å². The monoisotopic (exact) mass is 280 g/mol. The molecule has 0 aliphatic heterocycles. The molecule has 1 aromatic carbocycles. The number of carboxylic acid groups (broad SMARTS) is 1. The average molecular weight is 280 g/mol. The second kappa shape index (κ2) is 9.90. The fraction of sp³-hybridized carbons (Fsp3) is 0.562. The molecule has 3 heteroatoms. The van der Waals surface area contributed by atoms with Crippen LogP contribution in [0.3, 0.4) is 0 Å². The Morgan fingerprint density at radius 1 is 1.05 bits per heavy atom. The summed E-state index contributed by atoms with van der Waals surface area (Å²) in [5.41, 5.74) is 0.872. The summed E-state index contributed by atoms with van der Waals surface area (Å²) in [6, 6.07) is 7.88. The van der Waals surface area contributed by atoms with Gasteiger partial charge in [0, 0.05) is 4.90 Å². The maximum atomic E-state index is 10.6. The minimum Gasteiger partial charge on any atom is -0.481 e. The van der Waals surface area contributed by atoms with Crippen molar-refractivity contribution >= 4 is 17.7 Å². The third-order valence-electron chi connectivity index (χ3n) is 3.05. The maximum absolute atomic E-state index is 10.6. The number of aliphatic carboxylic acids is 1. The molecule has 0 aromatic heterocycles. The van der Waals surface area contributed by atoms with E-state index in [1.54, 1.807) is 0 Å². The Morgan fingerprint density at radius 2 is 1.68 bits per heavy atom. The predicted octanol–water partition coefficient (Wildman–Crippen LogP) is 4.77. The highest BCUT2D eigenvalue weighted by molar-refractivity contribution is 7.99. The summed E-state index contributed by atoms with van der Waals surface area (Å²) in [5.74, 6) is 0.386. The minimum atomic E-state index is -0.771. The van der Waals surface area contributed by atoms with Gasteiger partial charge in [0.1, 0.15) is 0 Å². The van der Waals surface area contributed by atoms with Gasteiger partial charge in [-0.25, -0.2) is 0 Å². The molecule has 1 N–H and O–H groups in total. The van der Waals surface area contributed by atoms with Crippen LogP contribution in [0.2, 0.25) is 0 Å². The van der Waals surface area contributed by atoms with Crippen molar-refractivity contribution in [3.8, 4) is 0 Å². The van der Waals surface area contributed by atoms with Gasteiger partial charge in [-0.05, 0) is 29.9 Å². The van der Waals surface area contributed by atoms with Crippen LogP contribution in [0.1, 0.15) is 51.0 Å². The SMILES string of the molecule is CCCCCCCCSc1ccc(CC(=O)O)cc1. The first-order valence-corrected chi connectivity index (χ1v) is 8.14. The van der Waals surface area contributed by atoms with Gasteiger partial charge in [0.25, 0.3) is 0 Å². The largest absolute Gasteiger partial charge is 0.481 e. The van der Waals surface area contributed by atoms with E-state index in [1.807, 2.05) is 36.0 Å². The van der Waals surface area contributed by atoms with Crippen LogP contribution in [0, 0.1) is 0 Å². The van der Waals surface area contributed by atoms with Gasteiger partial charge in [0.15, 0.2) is 0 Å². The second-order valence-corrected chi connectivity index (χ2v) is 6.00. The number of hydrogen-bond acceptors (Lipinski definition) is 2. The molecule has 0 radical (unpaired) electrons. The Bertz CT molecular complexity index is 360. The fourth-order valence-electron chi connectivity index (χ4n) is 1.95. The van der Waals surface area contributed by atoms with Crippen molar-refractivity contribution in [2.45, 2.75) is 56.8 Å². The first-order valence-electron chi connectivity index (χ1n) is 7.16. The number of hydrogen-bond donors (Lipinski definition) is 1. The lowest BCUT2D eigenvalue weighted by atomic mass is 10.1. The van der Waals surface area contributed by atoms with Crippen LogP contribution >= 0.6 is 11.8 Å². The molecule has 106 valence electrons. The van der Waals surface area contributed by atoms with E-state index in [4.69, 9.17) is 5.11 Å². The van der Waals surface area contributed by atoms with Crippen LogP contribution < -0.4 is 0 Å². The summed E-state index contributed by atoms with van der Waals surface area (Å²) in [7, 11) is 0. The van der Waals surface area contributed by atoms with Crippen molar-refractivity contribution < 1.29 is 9.90 Å². The van der Waals surface area contributed by atoms with Gasteiger partial charge < -0.3 is 5.11 Å². The fourth-order valence-corrected chi connectivity index (χ4v) is 2.86. The Morgan fingerprint density at radius 3 is 2.32 bits per heavy atom. The summed E-state index contributed by atoms with van der Waals surface area (Å²) in [5, 5.41) is 8.69. The molecule has 0 spiro atoms. The molecule has 0 saturated heterocycles. The molecule has 0 amide bonds. The first-order chi connectivity index (χ1) is 9.22. The summed E-state index contributed by atoms with van der Waals surface area (Å²) in [6.45, 7) is 2.24. The van der Waals surface area contributed by atoms with Crippen LogP contribution in [0.25, 0.3) is 0 Å². The molecular weight excluding hydrogens is 256 g/mol. The van der Waals surface area contributed by atoms with E-state index in [1.165, 1.54) is 43.4 Å². The molecule has 1 rings (SSSR count). The van der Waals surface area contributed by atoms with E-state index >= 15 is 0 Å². The van der Waals surface area contributed by atoms with Crippen LogP contribution in [0.4, 0.5) is 0 Å². The van der Waals surface area contributed by atoms with Gasteiger partial charge in [-0.1, -0.05) is 51.2 Å². The molecule has 19 heavy (non-hydrogen) atoms. The number of unbranched alkanes of at least 4 members (excludes halogenated alkanes) is 5. The first kappa shape index (κ1) is 16.1. The highest BCUT2D eigenvalue weighted by atomic mass is 32.2. The summed E-state index contributed by atoms with van der Waals surface area (Å²) in [4.78, 5) is 11.8. The zero-order chi connectivity index (χ0) is 13.9. The predicted molar refractivity (Wildman–Crippen MR) is 81.9 cm³/mol. The molecular formula is C16H24O2S. The maximum Gasteiger partial charge on any atom is 0.307 e. The topological polar surface area (TPSA) is 37.3 Å². The number of rotatable bonds is 10. The van der Waals surface area contributed by atoms with Gasteiger partial charge in [-0.2, -0.15) is 0 Å². The molecule has 0 atom stereocenters. The molecule has 0 aliphatic carbocycles. The van der Waals surface area contributed by atoms with Crippen LogP contribution in [0.5, 0.6) is 0 Å². The van der Waals surface area contributed by atoms with E-state index in [9.17, 15) is 4.79 Å². The number of carbonyl (C=O) groups is 1. The van der Waals surface area contributed by atoms with Gasteiger partial charge >= 0.3 is 5.97 Å². The van der Waals surface area contributed by atoms with Crippen LogP contribution in [-0.4, -0.2) is 16.8 Å². The van der Waals surface area contributed by atoms with E-state index in [-0.39, 0.29) is 6.42 Å². The van der Waals surface area contributed by atoms with Crippen molar-refractivity contribution in [1.82, 2.24) is 0 Å². The Hall–Kier alpha value is -0.960. The lowest BCUT2D eigenvalue weighted by Crippen LogP contribution is -1.99. The molecule has 0 fully saturated rings. The van der Waals surface area contributed by atoms with Gasteiger partial charge in [-0.3, -0.25) is 4.79 Å². The molecule has 0 heterocycles. The van der Waals surface area contributed by atoms with Gasteiger partial charge in [-0.15, -0.1) is 11.8 Å². The smallest absolute Gasteiger partial charge is 0.307 e. The molecule has 2 nitrogen and oxygen atoms in total. The number of thioether (sulfide) groups is 1. The molecule has 0 bridgehead atoms. The van der Waals surface area contributed by atoms with E-state index < -0.39 is 5.97 Å². The van der Waals surface area contributed by atoms with Gasteiger partial charge in [0.2, 0.25) is 0 Å². The minimum absolute atomic E-state index is 0.113. The molecule has 0 unspecified atom stereocenters. The molecule has 1 aromatic rings. The summed E-state index contributed by atoms with van der Waals surface area (Å²) in [6.07, 6.45) is 8.09. The Balaban J connectivity index is 2.14. The number of carboxylic acids is 1. The Kier molecular flexibility index (Phi) is 8.39. The third-order valence-corrected chi connectivity index (χ3v) is 4.14. The van der Waals surface area contributed by atoms with Crippen molar-refractivity contribution in [3.05, 3.63) is 29.8 Å². The van der Waals surface area contributed by atoms with Crippen molar-refractivity contribution in [2.75, 3.05) is 5.75 Å². The molecule has 0 aliphatic rings. The van der Waals surface area contributed by atoms with Crippen molar-refractivity contribution in [1.29, 1.82) is 0 Å². The average Bonchev–Trinajstić information content (AvgIpc) is 2.39. The zero-order valence-electron chi connectivity index (χ0n) is 11.7. The zero-order valence-corrected chi connectivity index (χ0v) is 12.5. The van der Waals surface area contributed by atoms with Crippen LogP contribution in [0.15, 0.2) is 29.2 Å². The van der Waals surface area contributed by atoms with E-state index in [0.717, 1.165) is 11.3 Å². The lowest BCUT2D eigenvalue weighted by molar-refractivity contribution is -0.136. The van der Waals surface area contributed by atoms with Crippen molar-refractivity contribution in [2.24, 2.45) is 0 Å². The number of benzene rings is 1. The van der Waals surface area contributed by atoms with E-state index in [0.29, 0.717) is 0 Å². The highest BCUT2D eigenvalue weighted by Gasteiger charge is 2.00. The summed E-state index contributed by atoms with van der Waals surface area (Å²) < 4.78 is 0. The summed E-state index contributed by atoms with van der Waals surface area (Å²) >= 11 is 1.86. The van der Waals surface area contributed by atoms with E-state index in [2.05, 4.69) is 6.92 Å². The molecule has 0 saturated carbocycles.